The number of nitro benzene ring substituents is 1. The number of anilines is 2. The molecule has 0 atom stereocenters. The maximum atomic E-state index is 12.4. The van der Waals surface area contributed by atoms with E-state index in [1.54, 1.807) is 30.5 Å². The zero-order valence-corrected chi connectivity index (χ0v) is 15.1. The van der Waals surface area contributed by atoms with Gasteiger partial charge in [-0.3, -0.25) is 20.2 Å². The molecule has 1 fully saturated rings. The number of rotatable bonds is 4. The smallest absolute Gasteiger partial charge is 0.293 e. The summed E-state index contributed by atoms with van der Waals surface area (Å²) in [4.78, 5) is 29.3. The molecule has 3 rings (SSSR count). The number of thiocarbonyl (C=S) groups is 1. The quantitative estimate of drug-likeness (QED) is 0.465. The number of benzene rings is 1. The fraction of sp³-hybridized carbons (Fsp3) is 0.235. The summed E-state index contributed by atoms with van der Waals surface area (Å²) in [6, 6.07) is 9.59. The van der Waals surface area contributed by atoms with Crippen molar-refractivity contribution in [3.8, 4) is 0 Å². The number of hydrogen-bond acceptors (Lipinski definition) is 7. The van der Waals surface area contributed by atoms with Crippen LogP contribution in [0.15, 0.2) is 42.6 Å². The minimum Gasteiger partial charge on any atom is -0.378 e. The van der Waals surface area contributed by atoms with Gasteiger partial charge >= 0.3 is 0 Å². The molecule has 10 heteroatoms. The van der Waals surface area contributed by atoms with E-state index in [0.717, 1.165) is 0 Å². The van der Waals surface area contributed by atoms with Crippen molar-refractivity contribution in [2.75, 3.05) is 36.5 Å². The van der Waals surface area contributed by atoms with Crippen molar-refractivity contribution in [2.45, 2.75) is 0 Å². The van der Waals surface area contributed by atoms with E-state index in [4.69, 9.17) is 17.0 Å². The number of hydrogen-bond donors (Lipinski definition) is 2. The Morgan fingerprint density at radius 1 is 1.26 bits per heavy atom. The summed E-state index contributed by atoms with van der Waals surface area (Å²) in [7, 11) is 0. The standard InChI is InChI=1S/C17H17N5O4S/c23-16(20-17(27)19-15-3-1-2-6-18-15)12-4-5-13(14(11-12)22(24)25)21-7-9-26-10-8-21/h1-6,11H,7-10H2,(H2,18,19,20,23,27). The Kier molecular flexibility index (Phi) is 5.89. The van der Waals surface area contributed by atoms with Gasteiger partial charge in [0.2, 0.25) is 0 Å². The first-order chi connectivity index (χ1) is 13.0. The van der Waals surface area contributed by atoms with Crippen molar-refractivity contribution < 1.29 is 14.5 Å². The molecule has 1 amide bonds. The van der Waals surface area contributed by atoms with Gasteiger partial charge in [0.1, 0.15) is 11.5 Å². The van der Waals surface area contributed by atoms with Gasteiger partial charge in [-0.2, -0.15) is 0 Å². The lowest BCUT2D eigenvalue weighted by Crippen LogP contribution is -2.37. The van der Waals surface area contributed by atoms with Gasteiger partial charge in [0.05, 0.1) is 18.1 Å². The fourth-order valence-corrected chi connectivity index (χ4v) is 2.84. The van der Waals surface area contributed by atoms with Crippen LogP contribution in [0.1, 0.15) is 10.4 Å². The summed E-state index contributed by atoms with van der Waals surface area (Å²) in [5.41, 5.74) is 0.478. The molecule has 1 aromatic carbocycles. The molecule has 9 nitrogen and oxygen atoms in total. The monoisotopic (exact) mass is 387 g/mol. The normalized spacial score (nSPS) is 13.7. The Bertz CT molecular complexity index is 856. The highest BCUT2D eigenvalue weighted by Crippen LogP contribution is 2.29. The maximum Gasteiger partial charge on any atom is 0.293 e. The summed E-state index contributed by atoms with van der Waals surface area (Å²) in [5, 5.41) is 16.8. The van der Waals surface area contributed by atoms with E-state index in [1.807, 2.05) is 4.90 Å². The predicted molar refractivity (Wildman–Crippen MR) is 104 cm³/mol. The Morgan fingerprint density at radius 2 is 2.04 bits per heavy atom. The van der Waals surface area contributed by atoms with Crippen molar-refractivity contribution in [3.63, 3.8) is 0 Å². The van der Waals surface area contributed by atoms with Crippen LogP contribution in [0.4, 0.5) is 17.2 Å². The summed E-state index contributed by atoms with van der Waals surface area (Å²) in [6.45, 7) is 2.13. The molecule has 0 bridgehead atoms. The molecule has 0 unspecified atom stereocenters. The summed E-state index contributed by atoms with van der Waals surface area (Å²) in [5.74, 6) is -0.0588. The number of carbonyl (C=O) groups is 1. The van der Waals surface area contributed by atoms with E-state index in [2.05, 4.69) is 15.6 Å². The predicted octanol–water partition coefficient (Wildman–Crippen LogP) is 1.95. The molecule has 2 N–H and O–H groups in total. The molecule has 27 heavy (non-hydrogen) atoms. The topological polar surface area (TPSA) is 110 Å². The highest BCUT2D eigenvalue weighted by Gasteiger charge is 2.23. The van der Waals surface area contributed by atoms with E-state index in [0.29, 0.717) is 37.8 Å². The average molecular weight is 387 g/mol. The fourth-order valence-electron chi connectivity index (χ4n) is 2.64. The van der Waals surface area contributed by atoms with Crippen molar-refractivity contribution in [3.05, 3.63) is 58.3 Å². The largest absolute Gasteiger partial charge is 0.378 e. The summed E-state index contributed by atoms with van der Waals surface area (Å²) < 4.78 is 5.27. The maximum absolute atomic E-state index is 12.4. The van der Waals surface area contributed by atoms with Crippen LogP contribution in [0.3, 0.4) is 0 Å². The van der Waals surface area contributed by atoms with E-state index in [9.17, 15) is 14.9 Å². The lowest BCUT2D eigenvalue weighted by Gasteiger charge is -2.28. The first-order valence-electron chi connectivity index (χ1n) is 8.19. The number of ether oxygens (including phenoxy) is 1. The van der Waals surface area contributed by atoms with Crippen LogP contribution in [0.2, 0.25) is 0 Å². The van der Waals surface area contributed by atoms with Crippen LogP contribution in [0.5, 0.6) is 0 Å². The van der Waals surface area contributed by atoms with Crippen molar-refractivity contribution in [1.29, 1.82) is 0 Å². The SMILES string of the molecule is O=C(NC(=S)Nc1ccccn1)c1ccc(N2CCOCC2)c([N+](=O)[O-])c1. The van der Waals surface area contributed by atoms with Crippen molar-refractivity contribution in [1.82, 2.24) is 10.3 Å². The average Bonchev–Trinajstić information content (AvgIpc) is 2.68. The second-order valence-corrected chi connectivity index (χ2v) is 6.09. The molecule has 0 radical (unpaired) electrons. The molecular weight excluding hydrogens is 370 g/mol. The Hall–Kier alpha value is -3.11. The van der Waals surface area contributed by atoms with Crippen molar-refractivity contribution in [2.24, 2.45) is 0 Å². The molecule has 2 heterocycles. The Morgan fingerprint density at radius 3 is 2.70 bits per heavy atom. The van der Waals surface area contributed by atoms with Gasteiger partial charge in [-0.05, 0) is 36.5 Å². The van der Waals surface area contributed by atoms with Gasteiger partial charge in [0, 0.05) is 30.9 Å². The highest BCUT2D eigenvalue weighted by atomic mass is 32.1. The zero-order chi connectivity index (χ0) is 19.2. The summed E-state index contributed by atoms with van der Waals surface area (Å²) in [6.07, 6.45) is 1.58. The molecule has 0 spiro atoms. The molecule has 1 aliphatic rings. The third-order valence-corrected chi connectivity index (χ3v) is 4.12. The van der Waals surface area contributed by atoms with Gasteiger partial charge in [-0.15, -0.1) is 0 Å². The molecule has 0 aliphatic carbocycles. The first-order valence-corrected chi connectivity index (χ1v) is 8.60. The third kappa shape index (κ3) is 4.74. The second kappa shape index (κ2) is 8.52. The third-order valence-electron chi connectivity index (χ3n) is 3.92. The van der Waals surface area contributed by atoms with E-state index >= 15 is 0 Å². The number of amides is 1. The molecule has 140 valence electrons. The second-order valence-electron chi connectivity index (χ2n) is 5.68. The van der Waals surface area contributed by atoms with Crippen LogP contribution in [0.25, 0.3) is 0 Å². The van der Waals surface area contributed by atoms with Crippen LogP contribution >= 0.6 is 12.2 Å². The number of morpholine rings is 1. The Balaban J connectivity index is 1.73. The number of carbonyl (C=O) groups excluding carboxylic acids is 1. The summed E-state index contributed by atoms with van der Waals surface area (Å²) >= 11 is 5.09. The number of nitrogens with one attached hydrogen (secondary N) is 2. The lowest BCUT2D eigenvalue weighted by atomic mass is 10.1. The zero-order valence-electron chi connectivity index (χ0n) is 14.3. The number of nitrogens with zero attached hydrogens (tertiary/aromatic N) is 3. The van der Waals surface area contributed by atoms with Crippen LogP contribution in [-0.4, -0.2) is 47.2 Å². The first kappa shape index (κ1) is 18.7. The number of aromatic nitrogens is 1. The number of nitro groups is 1. The van der Waals surface area contributed by atoms with Gasteiger partial charge in [-0.1, -0.05) is 6.07 Å². The van der Waals surface area contributed by atoms with Crippen LogP contribution in [-0.2, 0) is 4.74 Å². The minimum atomic E-state index is -0.542. The van der Waals surface area contributed by atoms with E-state index < -0.39 is 10.8 Å². The molecule has 1 saturated heterocycles. The molecular formula is C17H17N5O4S. The van der Waals surface area contributed by atoms with Crippen LogP contribution < -0.4 is 15.5 Å². The van der Waals surface area contributed by atoms with Crippen LogP contribution in [0, 0.1) is 10.1 Å². The van der Waals surface area contributed by atoms with Gasteiger partial charge < -0.3 is 15.0 Å². The minimum absolute atomic E-state index is 0.0543. The highest BCUT2D eigenvalue weighted by molar-refractivity contribution is 7.80. The number of pyridine rings is 1. The van der Waals surface area contributed by atoms with Gasteiger partial charge in [-0.25, -0.2) is 4.98 Å². The van der Waals surface area contributed by atoms with E-state index in [-0.39, 0.29) is 16.4 Å². The molecule has 1 aromatic heterocycles. The molecule has 1 aliphatic heterocycles. The molecule has 2 aromatic rings. The van der Waals surface area contributed by atoms with Gasteiger partial charge in [0.25, 0.3) is 11.6 Å². The van der Waals surface area contributed by atoms with Gasteiger partial charge in [0.15, 0.2) is 5.11 Å². The molecule has 0 saturated carbocycles. The van der Waals surface area contributed by atoms with E-state index in [1.165, 1.54) is 12.1 Å². The van der Waals surface area contributed by atoms with Crippen molar-refractivity contribution >= 4 is 40.4 Å². The Labute approximate surface area is 160 Å². The lowest BCUT2D eigenvalue weighted by molar-refractivity contribution is -0.384.